The fourth-order valence-electron chi connectivity index (χ4n) is 2.73. The number of hydrogen-bond acceptors (Lipinski definition) is 6. The summed E-state index contributed by atoms with van der Waals surface area (Å²) in [5, 5.41) is 20.9. The second kappa shape index (κ2) is 10.2. The van der Waals surface area contributed by atoms with E-state index in [0.717, 1.165) is 23.9 Å². The average Bonchev–Trinajstić information content (AvgIpc) is 2.70. The fourth-order valence-corrected chi connectivity index (χ4v) is 3.20. The van der Waals surface area contributed by atoms with E-state index in [9.17, 15) is 29.4 Å². The Balaban J connectivity index is 0.000000248. The van der Waals surface area contributed by atoms with Gasteiger partial charge in [0.15, 0.2) is 0 Å². The molecule has 1 aliphatic heterocycles. The van der Waals surface area contributed by atoms with Crippen LogP contribution in [-0.4, -0.2) is 46.8 Å². The lowest BCUT2D eigenvalue weighted by Gasteiger charge is -2.35. The number of amides is 1. The van der Waals surface area contributed by atoms with Crippen molar-refractivity contribution in [2.75, 3.05) is 31.1 Å². The maximum atomic E-state index is 12.4. The van der Waals surface area contributed by atoms with Crippen molar-refractivity contribution in [2.45, 2.75) is 6.92 Å². The molecule has 1 aliphatic rings. The third-order valence-electron chi connectivity index (χ3n) is 4.32. The van der Waals surface area contributed by atoms with Crippen LogP contribution in [0.1, 0.15) is 6.92 Å². The summed E-state index contributed by atoms with van der Waals surface area (Å²) in [6, 6.07) is 7.44. The van der Waals surface area contributed by atoms with Crippen molar-refractivity contribution < 1.29 is 19.0 Å². The third-order valence-corrected chi connectivity index (χ3v) is 4.91. The number of halogens is 3. The Kier molecular flexibility index (Phi) is 7.90. The van der Waals surface area contributed by atoms with E-state index in [0.29, 0.717) is 31.2 Å². The Bertz CT molecular complexity index is 968. The lowest BCUT2D eigenvalue weighted by atomic mass is 10.2. The second-order valence-electron chi connectivity index (χ2n) is 6.24. The van der Waals surface area contributed by atoms with Crippen LogP contribution in [0.25, 0.3) is 0 Å². The maximum absolute atomic E-state index is 12.4. The highest BCUT2D eigenvalue weighted by molar-refractivity contribution is 6.33. The fraction of sp³-hybridized carbons (Fsp3) is 0.278. The Morgan fingerprint density at radius 1 is 0.933 bits per heavy atom. The van der Waals surface area contributed by atoms with E-state index in [1.165, 1.54) is 12.1 Å². The number of nitro benzene ring substituents is 2. The van der Waals surface area contributed by atoms with Gasteiger partial charge >= 0.3 is 0 Å². The van der Waals surface area contributed by atoms with Gasteiger partial charge in [-0.15, -0.1) is 0 Å². The van der Waals surface area contributed by atoms with Crippen molar-refractivity contribution >= 4 is 46.2 Å². The molecule has 0 spiro atoms. The van der Waals surface area contributed by atoms with Crippen LogP contribution in [0.15, 0.2) is 36.4 Å². The first-order chi connectivity index (χ1) is 14.1. The van der Waals surface area contributed by atoms with Gasteiger partial charge < -0.3 is 9.80 Å². The molecule has 30 heavy (non-hydrogen) atoms. The smallest absolute Gasteiger partial charge is 0.271 e. The molecule has 0 unspecified atom stereocenters. The van der Waals surface area contributed by atoms with Crippen molar-refractivity contribution in [3.8, 4) is 0 Å². The zero-order chi connectivity index (χ0) is 22.4. The van der Waals surface area contributed by atoms with Gasteiger partial charge in [0.05, 0.1) is 25.6 Å². The molecule has 1 fully saturated rings. The molecule has 0 bridgehead atoms. The van der Waals surface area contributed by atoms with E-state index in [-0.39, 0.29) is 22.3 Å². The number of nitro groups is 2. The summed E-state index contributed by atoms with van der Waals surface area (Å²) in [5.74, 6) is -0.591. The molecule has 1 amide bonds. The van der Waals surface area contributed by atoms with Crippen molar-refractivity contribution in [2.24, 2.45) is 0 Å². The minimum Gasteiger partial charge on any atom is -0.367 e. The molecule has 12 heteroatoms. The number of hydrogen-bond donors (Lipinski definition) is 0. The van der Waals surface area contributed by atoms with Gasteiger partial charge in [-0.25, -0.2) is 4.39 Å². The molecule has 0 radical (unpaired) electrons. The molecule has 3 rings (SSSR count). The van der Waals surface area contributed by atoms with E-state index in [2.05, 4.69) is 0 Å². The van der Waals surface area contributed by atoms with Gasteiger partial charge in [0.25, 0.3) is 11.4 Å². The molecule has 1 heterocycles. The molecule has 1 saturated heterocycles. The molecule has 0 atom stereocenters. The van der Waals surface area contributed by atoms with Gasteiger partial charge in [0, 0.05) is 57.4 Å². The van der Waals surface area contributed by atoms with Crippen LogP contribution in [0.3, 0.4) is 0 Å². The first kappa shape index (κ1) is 23.3. The summed E-state index contributed by atoms with van der Waals surface area (Å²) in [7, 11) is 0. The highest BCUT2D eigenvalue weighted by Gasteiger charge is 2.21. The van der Waals surface area contributed by atoms with E-state index < -0.39 is 15.7 Å². The van der Waals surface area contributed by atoms with Crippen LogP contribution < -0.4 is 4.90 Å². The Hall–Kier alpha value is -2.98. The zero-order valence-corrected chi connectivity index (χ0v) is 17.3. The van der Waals surface area contributed by atoms with Gasteiger partial charge in [-0.1, -0.05) is 23.2 Å². The van der Waals surface area contributed by atoms with Gasteiger partial charge in [0.2, 0.25) is 5.91 Å². The molecule has 0 aromatic heterocycles. The molecule has 2 aromatic rings. The zero-order valence-electron chi connectivity index (χ0n) is 15.8. The second-order valence-corrected chi connectivity index (χ2v) is 7.06. The number of carbonyl (C=O) groups is 1. The quantitative estimate of drug-likeness (QED) is 0.500. The van der Waals surface area contributed by atoms with Crippen molar-refractivity contribution in [3.63, 3.8) is 0 Å². The lowest BCUT2D eigenvalue weighted by Crippen LogP contribution is -2.48. The molecule has 0 aliphatic carbocycles. The predicted molar refractivity (Wildman–Crippen MR) is 111 cm³/mol. The average molecular weight is 459 g/mol. The summed E-state index contributed by atoms with van der Waals surface area (Å²) < 4.78 is 12.4. The largest absolute Gasteiger partial charge is 0.367 e. The van der Waals surface area contributed by atoms with Crippen LogP contribution in [-0.2, 0) is 4.79 Å². The minimum absolute atomic E-state index is 0.0175. The number of carbonyl (C=O) groups excluding carboxylic acids is 1. The van der Waals surface area contributed by atoms with Crippen molar-refractivity contribution in [1.82, 2.24) is 4.90 Å². The van der Waals surface area contributed by atoms with E-state index >= 15 is 0 Å². The first-order valence-electron chi connectivity index (χ1n) is 8.64. The van der Waals surface area contributed by atoms with E-state index in [4.69, 9.17) is 23.2 Å². The van der Waals surface area contributed by atoms with Crippen molar-refractivity contribution in [3.05, 3.63) is 72.5 Å². The summed E-state index contributed by atoms with van der Waals surface area (Å²) in [5.41, 5.74) is 0.544. The van der Waals surface area contributed by atoms with E-state index in [1.54, 1.807) is 17.9 Å². The normalized spacial score (nSPS) is 13.3. The minimum atomic E-state index is -0.655. The summed E-state index contributed by atoms with van der Waals surface area (Å²) in [6.07, 6.45) is 0. The Morgan fingerprint density at radius 3 is 1.87 bits per heavy atom. The maximum Gasteiger partial charge on any atom is 0.271 e. The number of rotatable bonds is 3. The van der Waals surface area contributed by atoms with Gasteiger partial charge in [-0.2, -0.15) is 0 Å². The van der Waals surface area contributed by atoms with Crippen LogP contribution in [0, 0.1) is 26.0 Å². The van der Waals surface area contributed by atoms with Gasteiger partial charge in [-0.05, 0) is 12.1 Å². The number of non-ortho nitro benzene ring substituents is 2. The van der Waals surface area contributed by atoms with Crippen LogP contribution in [0.2, 0.25) is 10.0 Å². The standard InChI is InChI=1S/C12H14ClN3O3.C6H3ClFNO2/c1-9(17)14-4-6-15(7-5-14)12-3-2-10(16(18)19)8-11(12)13;7-5-3-4(9(10)11)1-2-6(5)8/h2-3,8H,4-7H2,1H3;1-3H. The summed E-state index contributed by atoms with van der Waals surface area (Å²) in [4.78, 5) is 34.7. The summed E-state index contributed by atoms with van der Waals surface area (Å²) in [6.45, 7) is 4.19. The number of anilines is 1. The molecular weight excluding hydrogens is 442 g/mol. The van der Waals surface area contributed by atoms with E-state index in [1.807, 2.05) is 4.90 Å². The Labute approximate surface area is 180 Å². The molecular formula is C18H17Cl2FN4O5. The predicted octanol–water partition coefficient (Wildman–Crippen LogP) is 4.30. The SMILES string of the molecule is CC(=O)N1CCN(c2ccc([N+](=O)[O-])cc2Cl)CC1.O=[N+]([O-])c1ccc(F)c(Cl)c1. The molecule has 9 nitrogen and oxygen atoms in total. The number of nitrogens with zero attached hydrogens (tertiary/aromatic N) is 4. The topological polar surface area (TPSA) is 110 Å². The highest BCUT2D eigenvalue weighted by Crippen LogP contribution is 2.30. The van der Waals surface area contributed by atoms with Crippen LogP contribution in [0.5, 0.6) is 0 Å². The van der Waals surface area contributed by atoms with Crippen LogP contribution >= 0.6 is 23.2 Å². The molecule has 0 N–H and O–H groups in total. The number of piperazine rings is 1. The third kappa shape index (κ3) is 6.01. The van der Waals surface area contributed by atoms with Gasteiger partial charge in [0.1, 0.15) is 5.82 Å². The van der Waals surface area contributed by atoms with Crippen LogP contribution in [0.4, 0.5) is 21.5 Å². The van der Waals surface area contributed by atoms with Crippen molar-refractivity contribution in [1.29, 1.82) is 0 Å². The molecule has 160 valence electrons. The first-order valence-corrected chi connectivity index (χ1v) is 9.39. The lowest BCUT2D eigenvalue weighted by molar-refractivity contribution is -0.385. The monoisotopic (exact) mass is 458 g/mol. The molecule has 0 saturated carbocycles. The highest BCUT2D eigenvalue weighted by atomic mass is 35.5. The summed E-state index contributed by atoms with van der Waals surface area (Å²) >= 11 is 11.4. The molecule has 2 aromatic carbocycles. The Morgan fingerprint density at radius 2 is 1.43 bits per heavy atom. The number of benzene rings is 2. The van der Waals surface area contributed by atoms with Gasteiger partial charge in [-0.3, -0.25) is 25.0 Å².